The predicted octanol–water partition coefficient (Wildman–Crippen LogP) is 3.31. The molecule has 2 aliphatic carbocycles. The first-order valence-corrected chi connectivity index (χ1v) is 11.1. The van der Waals surface area contributed by atoms with Gasteiger partial charge in [0.2, 0.25) is 0 Å². The molecule has 3 aromatic heterocycles. The first-order chi connectivity index (χ1) is 14.6. The largest absolute Gasteiger partial charge is 0.349 e. The number of nitrogens with zero attached hydrogens (tertiary/aromatic N) is 3. The molecule has 1 amide bonds. The molecule has 3 heterocycles. The molecule has 2 aliphatic rings. The van der Waals surface area contributed by atoms with Crippen LogP contribution in [0.2, 0.25) is 0 Å². The molecule has 0 aliphatic heterocycles. The number of nitrogens with one attached hydrogen (secondary N) is 2. The molecule has 0 saturated heterocycles. The summed E-state index contributed by atoms with van der Waals surface area (Å²) < 4.78 is 3.35. The molecule has 7 nitrogen and oxygen atoms in total. The van der Waals surface area contributed by atoms with E-state index in [0.717, 1.165) is 51.4 Å². The van der Waals surface area contributed by atoms with Gasteiger partial charge in [0.25, 0.3) is 11.5 Å². The Morgan fingerprint density at radius 3 is 2.57 bits per heavy atom. The minimum Gasteiger partial charge on any atom is -0.349 e. The lowest BCUT2D eigenvalue weighted by Crippen LogP contribution is -2.41. The Labute approximate surface area is 174 Å². The molecule has 7 heteroatoms. The van der Waals surface area contributed by atoms with Gasteiger partial charge in [-0.3, -0.25) is 19.4 Å². The SMILES string of the molecule is N=c1c(C(=O)NC2CCCCC2)cc2c(=O)n3ccccc3nc2n1C1CCCC1. The zero-order valence-electron chi connectivity index (χ0n) is 17.1. The van der Waals surface area contributed by atoms with Crippen molar-refractivity contribution in [3.8, 4) is 0 Å². The van der Waals surface area contributed by atoms with Crippen LogP contribution in [0.1, 0.15) is 74.2 Å². The van der Waals surface area contributed by atoms with Gasteiger partial charge < -0.3 is 9.88 Å². The van der Waals surface area contributed by atoms with Crippen LogP contribution in [-0.2, 0) is 0 Å². The van der Waals surface area contributed by atoms with Gasteiger partial charge in [-0.2, -0.15) is 0 Å². The van der Waals surface area contributed by atoms with Gasteiger partial charge in [-0.05, 0) is 43.9 Å². The number of carbonyl (C=O) groups is 1. The van der Waals surface area contributed by atoms with Crippen LogP contribution in [0.4, 0.5) is 0 Å². The van der Waals surface area contributed by atoms with E-state index in [1.54, 1.807) is 24.4 Å². The van der Waals surface area contributed by atoms with Crippen molar-refractivity contribution >= 4 is 22.6 Å². The Morgan fingerprint density at radius 2 is 1.80 bits per heavy atom. The van der Waals surface area contributed by atoms with Crippen LogP contribution in [0.25, 0.3) is 16.7 Å². The Kier molecular flexibility index (Phi) is 4.89. The van der Waals surface area contributed by atoms with Crippen molar-refractivity contribution in [3.05, 3.63) is 51.9 Å². The Balaban J connectivity index is 1.71. The van der Waals surface area contributed by atoms with E-state index < -0.39 is 0 Å². The normalized spacial score (nSPS) is 18.3. The van der Waals surface area contributed by atoms with Crippen LogP contribution in [0, 0.1) is 5.41 Å². The van der Waals surface area contributed by atoms with Crippen molar-refractivity contribution in [1.82, 2.24) is 19.3 Å². The first-order valence-electron chi connectivity index (χ1n) is 11.1. The summed E-state index contributed by atoms with van der Waals surface area (Å²) in [5, 5.41) is 12.4. The number of aromatic nitrogens is 3. The van der Waals surface area contributed by atoms with Crippen molar-refractivity contribution in [1.29, 1.82) is 5.41 Å². The molecule has 3 aromatic rings. The van der Waals surface area contributed by atoms with Gasteiger partial charge in [0.1, 0.15) is 16.8 Å². The lowest BCUT2D eigenvalue weighted by molar-refractivity contribution is 0.0925. The van der Waals surface area contributed by atoms with Crippen LogP contribution in [-0.4, -0.2) is 25.9 Å². The summed E-state index contributed by atoms with van der Waals surface area (Å²) in [4.78, 5) is 31.1. The quantitative estimate of drug-likeness (QED) is 0.655. The second-order valence-electron chi connectivity index (χ2n) is 8.61. The fourth-order valence-corrected chi connectivity index (χ4v) is 5.05. The van der Waals surface area contributed by atoms with E-state index in [0.29, 0.717) is 16.7 Å². The molecule has 156 valence electrons. The third-order valence-corrected chi connectivity index (χ3v) is 6.64. The lowest BCUT2D eigenvalue weighted by Gasteiger charge is -2.24. The summed E-state index contributed by atoms with van der Waals surface area (Å²) in [6.45, 7) is 0. The van der Waals surface area contributed by atoms with E-state index in [1.165, 1.54) is 10.8 Å². The van der Waals surface area contributed by atoms with Crippen molar-refractivity contribution in [2.45, 2.75) is 69.9 Å². The summed E-state index contributed by atoms with van der Waals surface area (Å²) in [6, 6.07) is 7.27. The molecule has 2 fully saturated rings. The zero-order chi connectivity index (χ0) is 20.7. The summed E-state index contributed by atoms with van der Waals surface area (Å²) in [7, 11) is 0. The van der Waals surface area contributed by atoms with E-state index in [2.05, 4.69) is 5.32 Å². The van der Waals surface area contributed by atoms with E-state index in [1.807, 2.05) is 10.6 Å². The van der Waals surface area contributed by atoms with E-state index in [9.17, 15) is 9.59 Å². The molecule has 2 N–H and O–H groups in total. The van der Waals surface area contributed by atoms with Gasteiger partial charge in [-0.1, -0.05) is 38.2 Å². The van der Waals surface area contributed by atoms with Gasteiger partial charge in [0.05, 0.1) is 10.9 Å². The Bertz CT molecular complexity index is 1230. The third kappa shape index (κ3) is 3.22. The first kappa shape index (κ1) is 19.0. The highest BCUT2D eigenvalue weighted by atomic mass is 16.2. The molecular weight excluding hydrogens is 378 g/mol. The molecule has 5 rings (SSSR count). The molecule has 0 unspecified atom stereocenters. The summed E-state index contributed by atoms with van der Waals surface area (Å²) in [6.07, 6.45) is 11.2. The number of amides is 1. The Morgan fingerprint density at radius 1 is 1.07 bits per heavy atom. The molecule has 30 heavy (non-hydrogen) atoms. The van der Waals surface area contributed by atoms with Crippen molar-refractivity contribution in [2.75, 3.05) is 0 Å². The van der Waals surface area contributed by atoms with Gasteiger partial charge in [-0.25, -0.2) is 4.98 Å². The fraction of sp³-hybridized carbons (Fsp3) is 0.478. The number of hydrogen-bond donors (Lipinski definition) is 2. The minimum absolute atomic E-state index is 0.0977. The number of pyridine rings is 2. The lowest BCUT2D eigenvalue weighted by atomic mass is 9.95. The minimum atomic E-state index is -0.252. The van der Waals surface area contributed by atoms with E-state index >= 15 is 0 Å². The smallest absolute Gasteiger partial charge is 0.267 e. The van der Waals surface area contributed by atoms with Crippen molar-refractivity contribution < 1.29 is 4.79 Å². The zero-order valence-corrected chi connectivity index (χ0v) is 17.1. The van der Waals surface area contributed by atoms with Crippen molar-refractivity contribution in [2.24, 2.45) is 0 Å². The van der Waals surface area contributed by atoms with E-state index in [-0.39, 0.29) is 34.6 Å². The molecule has 0 radical (unpaired) electrons. The highest BCUT2D eigenvalue weighted by Gasteiger charge is 2.25. The average Bonchev–Trinajstić information content (AvgIpc) is 3.29. The monoisotopic (exact) mass is 405 g/mol. The molecular formula is C23H27N5O2. The number of rotatable bonds is 3. The highest BCUT2D eigenvalue weighted by Crippen LogP contribution is 2.30. The molecule has 0 atom stereocenters. The third-order valence-electron chi connectivity index (χ3n) is 6.64. The van der Waals surface area contributed by atoms with Gasteiger partial charge in [-0.15, -0.1) is 0 Å². The maximum absolute atomic E-state index is 13.2. The topological polar surface area (TPSA) is 92.2 Å². The average molecular weight is 406 g/mol. The maximum atomic E-state index is 13.2. The molecule has 2 saturated carbocycles. The van der Waals surface area contributed by atoms with Gasteiger partial charge >= 0.3 is 0 Å². The number of hydrogen-bond acceptors (Lipinski definition) is 4. The number of fused-ring (bicyclic) bond motifs is 2. The second kappa shape index (κ2) is 7.70. The Hall–Kier alpha value is -2.96. The van der Waals surface area contributed by atoms with Crippen molar-refractivity contribution in [3.63, 3.8) is 0 Å². The van der Waals surface area contributed by atoms with Crippen LogP contribution in [0.15, 0.2) is 35.3 Å². The highest BCUT2D eigenvalue weighted by molar-refractivity contribution is 5.97. The van der Waals surface area contributed by atoms with Gasteiger partial charge in [0, 0.05) is 18.3 Å². The number of carbonyl (C=O) groups excluding carboxylic acids is 1. The predicted molar refractivity (Wildman–Crippen MR) is 115 cm³/mol. The fourth-order valence-electron chi connectivity index (χ4n) is 5.05. The van der Waals surface area contributed by atoms with Crippen LogP contribution in [0.5, 0.6) is 0 Å². The van der Waals surface area contributed by atoms with Crippen LogP contribution in [0.3, 0.4) is 0 Å². The maximum Gasteiger partial charge on any atom is 0.267 e. The standard InChI is InChI=1S/C23H27N5O2/c24-20-17(22(29)25-15-8-2-1-3-9-15)14-18-21(28(20)16-10-4-5-11-16)26-19-12-6-7-13-27(19)23(18)30/h6-7,12-16,24H,1-5,8-11H2,(H,25,29). The summed E-state index contributed by atoms with van der Waals surface area (Å²) in [5.41, 5.74) is 1.30. The van der Waals surface area contributed by atoms with Crippen LogP contribution < -0.4 is 16.4 Å². The molecule has 0 bridgehead atoms. The molecule has 0 aromatic carbocycles. The second-order valence-corrected chi connectivity index (χ2v) is 8.61. The molecule has 0 spiro atoms. The van der Waals surface area contributed by atoms with E-state index in [4.69, 9.17) is 10.4 Å². The van der Waals surface area contributed by atoms with Gasteiger partial charge in [0.15, 0.2) is 0 Å². The summed E-state index contributed by atoms with van der Waals surface area (Å²) in [5.74, 6) is -0.252. The summed E-state index contributed by atoms with van der Waals surface area (Å²) >= 11 is 0. The van der Waals surface area contributed by atoms with Crippen LogP contribution >= 0.6 is 0 Å².